The quantitative estimate of drug-likeness (QED) is 0.824. The highest BCUT2D eigenvalue weighted by Crippen LogP contribution is 2.38. The largest absolute Gasteiger partial charge is 0.349 e. The Kier molecular flexibility index (Phi) is 5.74. The van der Waals surface area contributed by atoms with Crippen molar-refractivity contribution in [1.29, 1.82) is 0 Å². The van der Waals surface area contributed by atoms with Crippen LogP contribution in [-0.2, 0) is 0 Å². The molecule has 0 aliphatic heterocycles. The summed E-state index contributed by atoms with van der Waals surface area (Å²) in [4.78, 5) is 16.6. The lowest BCUT2D eigenvalue weighted by molar-refractivity contribution is 0.0918. The van der Waals surface area contributed by atoms with E-state index < -0.39 is 0 Å². The number of halogens is 1. The van der Waals surface area contributed by atoms with Crippen molar-refractivity contribution >= 4 is 17.5 Å². The van der Waals surface area contributed by atoms with Gasteiger partial charge in [-0.3, -0.25) is 9.78 Å². The van der Waals surface area contributed by atoms with Crippen molar-refractivity contribution < 1.29 is 4.79 Å². The van der Waals surface area contributed by atoms with Crippen molar-refractivity contribution in [2.75, 3.05) is 0 Å². The van der Waals surface area contributed by atoms with Crippen LogP contribution in [0.3, 0.4) is 0 Å². The monoisotopic (exact) mass is 356 g/mol. The van der Waals surface area contributed by atoms with Crippen molar-refractivity contribution in [2.45, 2.75) is 51.5 Å². The molecule has 1 unspecified atom stereocenters. The summed E-state index contributed by atoms with van der Waals surface area (Å²) in [5.41, 5.74) is 3.39. The van der Waals surface area contributed by atoms with Gasteiger partial charge in [-0.2, -0.15) is 0 Å². The molecule has 3 rings (SSSR count). The Bertz CT molecular complexity index is 721. The van der Waals surface area contributed by atoms with Crippen LogP contribution in [-0.4, -0.2) is 16.9 Å². The molecule has 1 aliphatic rings. The van der Waals surface area contributed by atoms with Crippen LogP contribution in [0.5, 0.6) is 0 Å². The normalized spacial score (nSPS) is 21.6. The second-order valence-electron chi connectivity index (χ2n) is 7.11. The molecule has 0 bridgehead atoms. The highest BCUT2D eigenvalue weighted by atomic mass is 35.5. The molecule has 1 heterocycles. The molecule has 1 atom stereocenters. The SMILES string of the molecule is Cc1cnccc1C1CCC(C(C)NC(=O)c2ccc(Cl)cc2)CC1. The number of pyridine rings is 1. The van der Waals surface area contributed by atoms with Crippen LogP contribution in [0.25, 0.3) is 0 Å². The molecule has 1 saturated carbocycles. The lowest BCUT2D eigenvalue weighted by atomic mass is 9.75. The van der Waals surface area contributed by atoms with E-state index in [4.69, 9.17) is 11.6 Å². The second-order valence-corrected chi connectivity index (χ2v) is 7.55. The second kappa shape index (κ2) is 8.01. The Morgan fingerprint density at radius 3 is 2.48 bits per heavy atom. The van der Waals surface area contributed by atoms with E-state index in [1.165, 1.54) is 24.0 Å². The van der Waals surface area contributed by atoms with Gasteiger partial charge in [0.2, 0.25) is 0 Å². The molecule has 1 aromatic carbocycles. The Morgan fingerprint density at radius 2 is 1.84 bits per heavy atom. The number of benzene rings is 1. The average Bonchev–Trinajstić information content (AvgIpc) is 2.63. The fourth-order valence-corrected chi connectivity index (χ4v) is 4.01. The number of carbonyl (C=O) groups excluding carboxylic acids is 1. The van der Waals surface area contributed by atoms with Gasteiger partial charge in [-0.1, -0.05) is 11.6 Å². The number of nitrogens with zero attached hydrogens (tertiary/aromatic N) is 1. The number of hydrogen-bond acceptors (Lipinski definition) is 2. The van der Waals surface area contributed by atoms with E-state index in [0.717, 1.165) is 12.8 Å². The third-order valence-electron chi connectivity index (χ3n) is 5.45. The van der Waals surface area contributed by atoms with Crippen molar-refractivity contribution in [3.63, 3.8) is 0 Å². The zero-order valence-electron chi connectivity index (χ0n) is 14.8. The first-order chi connectivity index (χ1) is 12.0. The van der Waals surface area contributed by atoms with E-state index in [0.29, 0.717) is 22.4 Å². The predicted molar refractivity (Wildman–Crippen MR) is 102 cm³/mol. The van der Waals surface area contributed by atoms with Gasteiger partial charge in [-0.15, -0.1) is 0 Å². The number of rotatable bonds is 4. The predicted octanol–water partition coefficient (Wildman–Crippen LogP) is 5.14. The molecule has 4 heteroatoms. The third kappa shape index (κ3) is 4.40. The number of hydrogen-bond donors (Lipinski definition) is 1. The summed E-state index contributed by atoms with van der Waals surface area (Å²) in [6.45, 7) is 4.26. The smallest absolute Gasteiger partial charge is 0.251 e. The van der Waals surface area contributed by atoms with Crippen LogP contribution in [0, 0.1) is 12.8 Å². The van der Waals surface area contributed by atoms with E-state index in [-0.39, 0.29) is 11.9 Å². The highest BCUT2D eigenvalue weighted by Gasteiger charge is 2.27. The number of aryl methyl sites for hydroxylation is 1. The zero-order valence-corrected chi connectivity index (χ0v) is 15.6. The summed E-state index contributed by atoms with van der Waals surface area (Å²) >= 11 is 5.88. The topological polar surface area (TPSA) is 42.0 Å². The minimum Gasteiger partial charge on any atom is -0.349 e. The molecule has 0 saturated heterocycles. The Balaban J connectivity index is 1.54. The Hall–Kier alpha value is -1.87. The Morgan fingerprint density at radius 1 is 1.16 bits per heavy atom. The van der Waals surface area contributed by atoms with Crippen LogP contribution in [0.1, 0.15) is 60.0 Å². The van der Waals surface area contributed by atoms with Gasteiger partial charge >= 0.3 is 0 Å². The Labute approximate surface area is 154 Å². The summed E-state index contributed by atoms with van der Waals surface area (Å²) in [6, 6.07) is 9.39. The van der Waals surface area contributed by atoms with Crippen LogP contribution in [0.4, 0.5) is 0 Å². The van der Waals surface area contributed by atoms with Gasteiger partial charge in [-0.05, 0) is 92.8 Å². The molecule has 1 aromatic heterocycles. The summed E-state index contributed by atoms with van der Waals surface area (Å²) in [6.07, 6.45) is 8.50. The molecule has 2 aromatic rings. The minimum atomic E-state index is -0.0173. The van der Waals surface area contributed by atoms with Crippen molar-refractivity contribution in [3.8, 4) is 0 Å². The number of nitrogens with one attached hydrogen (secondary N) is 1. The summed E-state index contributed by atoms with van der Waals surface area (Å²) in [5.74, 6) is 1.14. The average molecular weight is 357 g/mol. The van der Waals surface area contributed by atoms with E-state index in [1.807, 2.05) is 12.4 Å². The first-order valence-electron chi connectivity index (χ1n) is 9.01. The molecule has 0 spiro atoms. The molecule has 132 valence electrons. The maximum absolute atomic E-state index is 12.4. The van der Waals surface area contributed by atoms with E-state index in [2.05, 4.69) is 30.2 Å². The molecule has 3 nitrogen and oxygen atoms in total. The molecular weight excluding hydrogens is 332 g/mol. The standard InChI is InChI=1S/C21H25ClN2O/c1-14-13-23-12-11-20(14)17-5-3-16(4-6-17)15(2)24-21(25)18-7-9-19(22)10-8-18/h7-13,15-17H,3-6H2,1-2H3,(H,24,25). The van der Waals surface area contributed by atoms with Crippen LogP contribution in [0.15, 0.2) is 42.7 Å². The lowest BCUT2D eigenvalue weighted by Crippen LogP contribution is -2.39. The number of carbonyl (C=O) groups is 1. The number of amides is 1. The van der Waals surface area contributed by atoms with E-state index in [9.17, 15) is 4.79 Å². The molecule has 0 radical (unpaired) electrons. The van der Waals surface area contributed by atoms with Crippen molar-refractivity contribution in [1.82, 2.24) is 10.3 Å². The fraction of sp³-hybridized carbons (Fsp3) is 0.429. The maximum Gasteiger partial charge on any atom is 0.251 e. The zero-order chi connectivity index (χ0) is 17.8. The fourth-order valence-electron chi connectivity index (χ4n) is 3.88. The first-order valence-corrected chi connectivity index (χ1v) is 9.39. The van der Waals surface area contributed by atoms with Gasteiger partial charge < -0.3 is 5.32 Å². The highest BCUT2D eigenvalue weighted by molar-refractivity contribution is 6.30. The molecule has 1 amide bonds. The van der Waals surface area contributed by atoms with Gasteiger partial charge in [0.15, 0.2) is 0 Å². The van der Waals surface area contributed by atoms with Crippen LogP contribution < -0.4 is 5.32 Å². The number of aromatic nitrogens is 1. The molecule has 1 fully saturated rings. The third-order valence-corrected chi connectivity index (χ3v) is 5.70. The lowest BCUT2D eigenvalue weighted by Gasteiger charge is -2.33. The minimum absolute atomic E-state index is 0.0173. The summed E-state index contributed by atoms with van der Waals surface area (Å²) < 4.78 is 0. The van der Waals surface area contributed by atoms with Gasteiger partial charge in [0, 0.05) is 29.0 Å². The van der Waals surface area contributed by atoms with Crippen molar-refractivity contribution in [3.05, 3.63) is 64.4 Å². The van der Waals surface area contributed by atoms with Gasteiger partial charge in [0.1, 0.15) is 0 Å². The molecule has 25 heavy (non-hydrogen) atoms. The molecule has 1 aliphatic carbocycles. The van der Waals surface area contributed by atoms with Gasteiger partial charge in [0.25, 0.3) is 5.91 Å². The molecular formula is C21H25ClN2O. The first kappa shape index (κ1) is 17.9. The van der Waals surface area contributed by atoms with Gasteiger partial charge in [-0.25, -0.2) is 0 Å². The van der Waals surface area contributed by atoms with Crippen LogP contribution >= 0.6 is 11.6 Å². The van der Waals surface area contributed by atoms with E-state index in [1.54, 1.807) is 24.3 Å². The van der Waals surface area contributed by atoms with Crippen molar-refractivity contribution in [2.24, 2.45) is 5.92 Å². The maximum atomic E-state index is 12.4. The van der Waals surface area contributed by atoms with Crippen LogP contribution in [0.2, 0.25) is 5.02 Å². The van der Waals surface area contributed by atoms with Gasteiger partial charge in [0.05, 0.1) is 0 Å². The van der Waals surface area contributed by atoms with E-state index >= 15 is 0 Å². The molecule has 1 N–H and O–H groups in total. The summed E-state index contributed by atoms with van der Waals surface area (Å²) in [7, 11) is 0. The summed E-state index contributed by atoms with van der Waals surface area (Å²) in [5, 5.41) is 3.81.